The molecule has 1 fully saturated rings. The van der Waals surface area contributed by atoms with Crippen molar-refractivity contribution in [3.05, 3.63) is 34.1 Å². The van der Waals surface area contributed by atoms with Gasteiger partial charge in [0, 0.05) is 25.2 Å². The van der Waals surface area contributed by atoms with Crippen LogP contribution >= 0.6 is 0 Å². The van der Waals surface area contributed by atoms with Gasteiger partial charge in [-0.1, -0.05) is 6.07 Å². The molecule has 0 saturated carbocycles. The maximum Gasteiger partial charge on any atom is 0.410 e. The maximum atomic E-state index is 13.9. The summed E-state index contributed by atoms with van der Waals surface area (Å²) in [6.07, 6.45) is 0.120. The number of nitro groups is 1. The standard InChI is InChI=1S/C15H20FN3O4/c1-15(2,3)23-14(20)18-8-7-10(9-18)17-13-11(16)5-4-6-12(13)19(21)22/h4-6,10,17H,7-9H2,1-3H3. The number of amides is 1. The van der Waals surface area contributed by atoms with Crippen molar-refractivity contribution in [3.63, 3.8) is 0 Å². The Labute approximate surface area is 133 Å². The number of nitro benzene ring substituents is 1. The van der Waals surface area contributed by atoms with Gasteiger partial charge in [0.05, 0.1) is 4.92 Å². The lowest BCUT2D eigenvalue weighted by Crippen LogP contribution is -2.36. The monoisotopic (exact) mass is 325 g/mol. The largest absolute Gasteiger partial charge is 0.444 e. The topological polar surface area (TPSA) is 84.7 Å². The lowest BCUT2D eigenvalue weighted by atomic mass is 10.2. The molecule has 1 aromatic carbocycles. The molecule has 0 spiro atoms. The number of nitrogens with one attached hydrogen (secondary N) is 1. The molecule has 7 nitrogen and oxygen atoms in total. The summed E-state index contributed by atoms with van der Waals surface area (Å²) in [6.45, 7) is 6.09. The van der Waals surface area contributed by atoms with Crippen molar-refractivity contribution in [1.82, 2.24) is 4.90 Å². The van der Waals surface area contributed by atoms with Crippen LogP contribution in [0.4, 0.5) is 20.6 Å². The number of anilines is 1. The van der Waals surface area contributed by atoms with E-state index in [1.807, 2.05) is 0 Å². The second-order valence-corrected chi connectivity index (χ2v) is 6.45. The minimum Gasteiger partial charge on any atom is -0.444 e. The van der Waals surface area contributed by atoms with E-state index >= 15 is 0 Å². The molecule has 1 heterocycles. The number of rotatable bonds is 3. The number of ether oxygens (including phenoxy) is 1. The molecular weight excluding hydrogens is 305 g/mol. The van der Waals surface area contributed by atoms with Crippen LogP contribution in [0.25, 0.3) is 0 Å². The zero-order valence-corrected chi connectivity index (χ0v) is 13.3. The Bertz CT molecular complexity index is 615. The highest BCUT2D eigenvalue weighted by Crippen LogP contribution is 2.29. The molecule has 0 radical (unpaired) electrons. The SMILES string of the molecule is CC(C)(C)OC(=O)N1CCC(Nc2c(F)cccc2[N+](=O)[O-])C1. The van der Waals surface area contributed by atoms with Crippen LogP contribution in [-0.4, -0.2) is 40.6 Å². The Morgan fingerprint density at radius 1 is 1.48 bits per heavy atom. The summed E-state index contributed by atoms with van der Waals surface area (Å²) in [5.74, 6) is -0.685. The number of benzene rings is 1. The molecule has 1 N–H and O–H groups in total. The molecule has 1 amide bonds. The summed E-state index contributed by atoms with van der Waals surface area (Å²) in [6, 6.07) is 3.43. The van der Waals surface area contributed by atoms with E-state index in [2.05, 4.69) is 5.32 Å². The van der Waals surface area contributed by atoms with Crippen LogP contribution in [0.5, 0.6) is 0 Å². The minimum absolute atomic E-state index is 0.145. The fraction of sp³-hybridized carbons (Fsp3) is 0.533. The van der Waals surface area contributed by atoms with Gasteiger partial charge in [0.15, 0.2) is 5.82 Å². The lowest BCUT2D eigenvalue weighted by Gasteiger charge is -2.24. The molecule has 0 aromatic heterocycles. The summed E-state index contributed by atoms with van der Waals surface area (Å²) in [5, 5.41) is 13.8. The van der Waals surface area contributed by atoms with Gasteiger partial charge in [-0.05, 0) is 33.3 Å². The lowest BCUT2D eigenvalue weighted by molar-refractivity contribution is -0.384. The molecule has 126 valence electrons. The minimum atomic E-state index is -0.685. The number of carbonyl (C=O) groups excluding carboxylic acids is 1. The first kappa shape index (κ1) is 17.0. The third-order valence-corrected chi connectivity index (χ3v) is 3.38. The Balaban J connectivity index is 2.04. The molecule has 23 heavy (non-hydrogen) atoms. The summed E-state index contributed by atoms with van der Waals surface area (Å²) in [7, 11) is 0. The van der Waals surface area contributed by atoms with Crippen LogP contribution < -0.4 is 5.32 Å². The molecule has 1 aromatic rings. The van der Waals surface area contributed by atoms with Gasteiger partial charge in [0.2, 0.25) is 0 Å². The third-order valence-electron chi connectivity index (χ3n) is 3.38. The van der Waals surface area contributed by atoms with E-state index in [0.717, 1.165) is 6.07 Å². The van der Waals surface area contributed by atoms with Gasteiger partial charge < -0.3 is 15.0 Å². The van der Waals surface area contributed by atoms with Crippen molar-refractivity contribution in [2.45, 2.75) is 38.8 Å². The Hall–Kier alpha value is -2.38. The van der Waals surface area contributed by atoms with Crippen LogP contribution in [0.2, 0.25) is 0 Å². The molecule has 1 aliphatic heterocycles. The highest BCUT2D eigenvalue weighted by atomic mass is 19.1. The van der Waals surface area contributed by atoms with Gasteiger partial charge in [-0.15, -0.1) is 0 Å². The van der Waals surface area contributed by atoms with Gasteiger partial charge in [0.25, 0.3) is 5.69 Å². The fourth-order valence-electron chi connectivity index (χ4n) is 2.38. The van der Waals surface area contributed by atoms with E-state index in [4.69, 9.17) is 4.74 Å². The second kappa shape index (κ2) is 6.39. The van der Waals surface area contributed by atoms with Crippen LogP contribution in [0.3, 0.4) is 0 Å². The molecule has 1 atom stereocenters. The van der Waals surface area contributed by atoms with Crippen LogP contribution in [-0.2, 0) is 4.74 Å². The van der Waals surface area contributed by atoms with Gasteiger partial charge in [0.1, 0.15) is 11.3 Å². The van der Waals surface area contributed by atoms with E-state index in [1.54, 1.807) is 20.8 Å². The maximum absolute atomic E-state index is 13.9. The third kappa shape index (κ3) is 4.30. The normalized spacial score (nSPS) is 17.9. The first-order valence-corrected chi connectivity index (χ1v) is 7.35. The molecular formula is C15H20FN3O4. The summed E-state index contributed by atoms with van der Waals surface area (Å²) in [5.41, 5.74) is -1.05. The van der Waals surface area contributed by atoms with E-state index in [1.165, 1.54) is 17.0 Å². The summed E-state index contributed by atoms with van der Waals surface area (Å²) in [4.78, 5) is 23.9. The smallest absolute Gasteiger partial charge is 0.410 e. The number of hydrogen-bond donors (Lipinski definition) is 1. The highest BCUT2D eigenvalue weighted by Gasteiger charge is 2.31. The van der Waals surface area contributed by atoms with Crippen molar-refractivity contribution in [2.24, 2.45) is 0 Å². The van der Waals surface area contributed by atoms with Gasteiger partial charge >= 0.3 is 6.09 Å². The predicted molar refractivity (Wildman–Crippen MR) is 82.9 cm³/mol. The van der Waals surface area contributed by atoms with Crippen molar-refractivity contribution in [1.29, 1.82) is 0 Å². The van der Waals surface area contributed by atoms with Crippen molar-refractivity contribution in [3.8, 4) is 0 Å². The molecule has 1 unspecified atom stereocenters. The van der Waals surface area contributed by atoms with Crippen LogP contribution in [0.15, 0.2) is 18.2 Å². The van der Waals surface area contributed by atoms with Gasteiger partial charge in [-0.3, -0.25) is 10.1 Å². The quantitative estimate of drug-likeness (QED) is 0.681. The number of nitrogens with zero attached hydrogens (tertiary/aromatic N) is 2. The molecule has 0 aliphatic carbocycles. The molecule has 0 bridgehead atoms. The number of para-hydroxylation sites is 1. The molecule has 1 aliphatic rings. The molecule has 2 rings (SSSR count). The van der Waals surface area contributed by atoms with Gasteiger partial charge in [-0.2, -0.15) is 0 Å². The number of likely N-dealkylation sites (tertiary alicyclic amines) is 1. The first-order chi connectivity index (χ1) is 10.7. The van der Waals surface area contributed by atoms with E-state index in [-0.39, 0.29) is 17.4 Å². The second-order valence-electron chi connectivity index (χ2n) is 6.45. The molecule has 8 heteroatoms. The Morgan fingerprint density at radius 3 is 2.78 bits per heavy atom. The highest BCUT2D eigenvalue weighted by molar-refractivity contribution is 5.69. The van der Waals surface area contributed by atoms with E-state index < -0.39 is 22.4 Å². The fourth-order valence-corrected chi connectivity index (χ4v) is 2.38. The van der Waals surface area contributed by atoms with Crippen LogP contribution in [0, 0.1) is 15.9 Å². The van der Waals surface area contributed by atoms with Crippen molar-refractivity contribution >= 4 is 17.5 Å². The number of halogens is 1. The predicted octanol–water partition coefficient (Wildman–Crippen LogP) is 3.16. The summed E-state index contributed by atoms with van der Waals surface area (Å²) < 4.78 is 19.2. The zero-order chi connectivity index (χ0) is 17.2. The number of carbonyl (C=O) groups is 1. The average Bonchev–Trinajstić information content (AvgIpc) is 2.87. The average molecular weight is 325 g/mol. The van der Waals surface area contributed by atoms with Crippen LogP contribution in [0.1, 0.15) is 27.2 Å². The van der Waals surface area contributed by atoms with Gasteiger partial charge in [-0.25, -0.2) is 9.18 Å². The summed E-state index contributed by atoms with van der Waals surface area (Å²) >= 11 is 0. The van der Waals surface area contributed by atoms with E-state index in [0.29, 0.717) is 19.5 Å². The van der Waals surface area contributed by atoms with Crippen molar-refractivity contribution in [2.75, 3.05) is 18.4 Å². The molecule has 1 saturated heterocycles. The zero-order valence-electron chi connectivity index (χ0n) is 13.3. The first-order valence-electron chi connectivity index (χ1n) is 7.35. The number of hydrogen-bond acceptors (Lipinski definition) is 5. The van der Waals surface area contributed by atoms with E-state index in [9.17, 15) is 19.3 Å². The Kier molecular flexibility index (Phi) is 4.72. The van der Waals surface area contributed by atoms with Crippen molar-refractivity contribution < 1.29 is 18.8 Å². The Morgan fingerprint density at radius 2 is 2.17 bits per heavy atom.